The molecular formula is C22H29Cl3N2O5. The Hall–Kier alpha value is -1.70. The molecule has 10 heteroatoms. The van der Waals surface area contributed by atoms with Crippen LogP contribution in [-0.2, 0) is 4.74 Å². The van der Waals surface area contributed by atoms with Gasteiger partial charge in [0.25, 0.3) is 0 Å². The molecule has 0 fully saturated rings. The molecule has 1 aliphatic rings. The van der Waals surface area contributed by atoms with Gasteiger partial charge < -0.3 is 14.4 Å². The molecule has 32 heavy (non-hydrogen) atoms. The van der Waals surface area contributed by atoms with Crippen molar-refractivity contribution in [2.24, 2.45) is 0 Å². The Morgan fingerprint density at radius 3 is 2.41 bits per heavy atom. The van der Waals surface area contributed by atoms with Gasteiger partial charge in [-0.05, 0) is 70.7 Å². The number of aryl methyl sites for hydroxylation is 1. The van der Waals surface area contributed by atoms with E-state index in [1.807, 2.05) is 6.08 Å². The molecule has 1 unspecified atom stereocenters. The summed E-state index contributed by atoms with van der Waals surface area (Å²) in [4.78, 5) is 25.3. The van der Waals surface area contributed by atoms with E-state index in [0.717, 1.165) is 16.7 Å². The molecule has 0 aromatic heterocycles. The van der Waals surface area contributed by atoms with E-state index < -0.39 is 26.5 Å². The number of halogens is 3. The molecule has 178 valence electrons. The summed E-state index contributed by atoms with van der Waals surface area (Å²) in [7, 11) is 0. The van der Waals surface area contributed by atoms with Crippen LogP contribution in [0.3, 0.4) is 0 Å². The fraction of sp³-hybridized carbons (Fsp3) is 0.591. The van der Waals surface area contributed by atoms with Crippen molar-refractivity contribution < 1.29 is 19.2 Å². The summed E-state index contributed by atoms with van der Waals surface area (Å²) < 4.78 is 9.66. The van der Waals surface area contributed by atoms with E-state index >= 15 is 0 Å². The van der Waals surface area contributed by atoms with Crippen LogP contribution in [0.15, 0.2) is 18.2 Å². The molecule has 0 spiro atoms. The van der Waals surface area contributed by atoms with Gasteiger partial charge in [0.15, 0.2) is 9.54 Å². The van der Waals surface area contributed by atoms with Gasteiger partial charge in [0.2, 0.25) is 0 Å². The highest BCUT2D eigenvalue weighted by molar-refractivity contribution is 6.67. The standard InChI is InChI=1S/C22H29Cl3N2O5/c1-13(2)31-19-11-17(14(3)9-18(19)27(29)30)15-7-8-26(20(28)32-21(4,5)6)16(10-15)12-22(23,24)25/h7,9,11,13,16H,8,10,12H2,1-6H3. The molecule has 0 saturated carbocycles. The zero-order chi connectivity index (χ0) is 24.4. The highest BCUT2D eigenvalue weighted by Gasteiger charge is 2.36. The minimum Gasteiger partial charge on any atom is -0.484 e. The Morgan fingerprint density at radius 2 is 1.91 bits per heavy atom. The molecule has 1 aromatic carbocycles. The molecule has 0 N–H and O–H groups in total. The Balaban J connectivity index is 2.45. The summed E-state index contributed by atoms with van der Waals surface area (Å²) in [6.45, 7) is 11.0. The number of nitro groups is 1. The van der Waals surface area contributed by atoms with Crippen molar-refractivity contribution >= 4 is 52.2 Å². The van der Waals surface area contributed by atoms with Crippen LogP contribution in [0.5, 0.6) is 5.75 Å². The summed E-state index contributed by atoms with van der Waals surface area (Å²) in [6.07, 6.45) is 1.68. The van der Waals surface area contributed by atoms with Crippen molar-refractivity contribution in [2.45, 2.75) is 75.9 Å². The SMILES string of the molecule is Cc1cc([N+](=O)[O-])c(OC(C)C)cc1C1=CCN(C(=O)OC(C)(C)C)C(CC(Cl)(Cl)Cl)C1. The smallest absolute Gasteiger partial charge is 0.410 e. The van der Waals surface area contributed by atoms with Crippen LogP contribution in [0.25, 0.3) is 5.57 Å². The average molecular weight is 508 g/mol. The largest absolute Gasteiger partial charge is 0.484 e. The normalized spacial score (nSPS) is 17.2. The van der Waals surface area contributed by atoms with Crippen molar-refractivity contribution in [2.75, 3.05) is 6.54 Å². The summed E-state index contributed by atoms with van der Waals surface area (Å²) in [5, 5.41) is 11.5. The molecule has 0 radical (unpaired) electrons. The second-order valence-electron chi connectivity index (χ2n) is 9.10. The van der Waals surface area contributed by atoms with Crippen molar-refractivity contribution in [1.29, 1.82) is 0 Å². The van der Waals surface area contributed by atoms with Crippen LogP contribution < -0.4 is 4.74 Å². The number of amides is 1. The molecule has 0 bridgehead atoms. The molecule has 1 amide bonds. The van der Waals surface area contributed by atoms with Gasteiger partial charge in [-0.1, -0.05) is 40.9 Å². The van der Waals surface area contributed by atoms with E-state index in [0.29, 0.717) is 6.42 Å². The predicted molar refractivity (Wildman–Crippen MR) is 128 cm³/mol. The van der Waals surface area contributed by atoms with Crippen LogP contribution in [0, 0.1) is 17.0 Å². The maximum Gasteiger partial charge on any atom is 0.410 e. The molecule has 2 rings (SSSR count). The number of carbonyl (C=O) groups is 1. The summed E-state index contributed by atoms with van der Waals surface area (Å²) in [6, 6.07) is 2.74. The molecule has 7 nitrogen and oxygen atoms in total. The topological polar surface area (TPSA) is 81.9 Å². The first-order valence-corrected chi connectivity index (χ1v) is 11.4. The van der Waals surface area contributed by atoms with E-state index in [1.165, 1.54) is 6.07 Å². The molecule has 0 aliphatic carbocycles. The lowest BCUT2D eigenvalue weighted by molar-refractivity contribution is -0.386. The third-order valence-corrected chi connectivity index (χ3v) is 5.20. The number of nitrogens with zero attached hydrogens (tertiary/aromatic N) is 2. The van der Waals surface area contributed by atoms with Crippen molar-refractivity contribution in [1.82, 2.24) is 4.90 Å². The summed E-state index contributed by atoms with van der Waals surface area (Å²) in [5.41, 5.74) is 1.65. The quantitative estimate of drug-likeness (QED) is 0.247. The highest BCUT2D eigenvalue weighted by atomic mass is 35.6. The number of nitro benzene ring substituents is 1. The number of carbonyl (C=O) groups excluding carboxylic acids is 1. The Labute approximate surface area is 203 Å². The number of hydrogen-bond donors (Lipinski definition) is 0. The number of benzene rings is 1. The minimum atomic E-state index is -1.57. The zero-order valence-corrected chi connectivity index (χ0v) is 21.3. The van der Waals surface area contributed by atoms with Gasteiger partial charge in [-0.15, -0.1) is 0 Å². The average Bonchev–Trinajstić information content (AvgIpc) is 2.59. The third kappa shape index (κ3) is 7.42. The van der Waals surface area contributed by atoms with Gasteiger partial charge in [0, 0.05) is 25.1 Å². The lowest BCUT2D eigenvalue weighted by Crippen LogP contribution is -2.46. The summed E-state index contributed by atoms with van der Waals surface area (Å²) >= 11 is 18.2. The fourth-order valence-corrected chi connectivity index (χ4v) is 4.06. The first-order chi connectivity index (χ1) is 14.6. The zero-order valence-electron chi connectivity index (χ0n) is 19.1. The highest BCUT2D eigenvalue weighted by Crippen LogP contribution is 2.41. The molecule has 1 aromatic rings. The van der Waals surface area contributed by atoms with Crippen LogP contribution in [-0.4, -0.2) is 44.0 Å². The maximum absolute atomic E-state index is 12.8. The van der Waals surface area contributed by atoms with E-state index in [-0.39, 0.29) is 30.5 Å². The summed E-state index contributed by atoms with van der Waals surface area (Å²) in [5.74, 6) is 0.194. The number of ether oxygens (including phenoxy) is 2. The fourth-order valence-electron chi connectivity index (χ4n) is 3.53. The minimum absolute atomic E-state index is 0.0930. The first kappa shape index (κ1) is 26.6. The molecule has 0 saturated heterocycles. The second-order valence-corrected chi connectivity index (χ2v) is 11.6. The van der Waals surface area contributed by atoms with Crippen molar-refractivity contribution in [3.63, 3.8) is 0 Å². The lowest BCUT2D eigenvalue weighted by Gasteiger charge is -2.38. The Kier molecular flexibility index (Phi) is 8.35. The second kappa shape index (κ2) is 10.1. The van der Waals surface area contributed by atoms with Crippen molar-refractivity contribution in [3.8, 4) is 5.75 Å². The molecular weight excluding hydrogens is 479 g/mol. The molecule has 1 heterocycles. The van der Waals surface area contributed by atoms with Gasteiger partial charge >= 0.3 is 11.8 Å². The van der Waals surface area contributed by atoms with E-state index in [4.69, 9.17) is 44.3 Å². The van der Waals surface area contributed by atoms with Crippen molar-refractivity contribution in [3.05, 3.63) is 39.4 Å². The van der Waals surface area contributed by atoms with E-state index in [9.17, 15) is 14.9 Å². The molecule has 1 aliphatic heterocycles. The maximum atomic E-state index is 12.8. The van der Waals surface area contributed by atoms with Crippen LogP contribution in [0.2, 0.25) is 0 Å². The van der Waals surface area contributed by atoms with E-state index in [1.54, 1.807) is 52.5 Å². The number of alkyl halides is 3. The van der Waals surface area contributed by atoms with Gasteiger partial charge in [-0.25, -0.2) is 4.79 Å². The van der Waals surface area contributed by atoms with Crippen LogP contribution in [0.1, 0.15) is 58.6 Å². The van der Waals surface area contributed by atoms with Crippen LogP contribution >= 0.6 is 34.8 Å². The van der Waals surface area contributed by atoms with E-state index in [2.05, 4.69) is 0 Å². The Morgan fingerprint density at radius 1 is 1.28 bits per heavy atom. The van der Waals surface area contributed by atoms with Crippen LogP contribution in [0.4, 0.5) is 10.5 Å². The van der Waals surface area contributed by atoms with Gasteiger partial charge in [0.05, 0.1) is 11.0 Å². The number of hydrogen-bond acceptors (Lipinski definition) is 5. The van der Waals surface area contributed by atoms with Gasteiger partial charge in [-0.3, -0.25) is 10.1 Å². The first-order valence-electron chi connectivity index (χ1n) is 10.3. The predicted octanol–water partition coefficient (Wildman–Crippen LogP) is 6.84. The Bertz CT molecular complexity index is 904. The molecule has 1 atom stereocenters. The van der Waals surface area contributed by atoms with Gasteiger partial charge in [-0.2, -0.15) is 0 Å². The lowest BCUT2D eigenvalue weighted by atomic mass is 9.90. The number of rotatable bonds is 5. The monoisotopic (exact) mass is 506 g/mol. The third-order valence-electron chi connectivity index (χ3n) is 4.74. The van der Waals surface area contributed by atoms with Gasteiger partial charge in [0.1, 0.15) is 5.60 Å².